The van der Waals surface area contributed by atoms with Crippen molar-refractivity contribution in [2.45, 2.75) is 38.4 Å². The Balaban J connectivity index is 2.12. The fourth-order valence-electron chi connectivity index (χ4n) is 2.25. The summed E-state index contributed by atoms with van der Waals surface area (Å²) in [5, 5.41) is 19.5. The molecule has 0 spiro atoms. The first kappa shape index (κ1) is 12.3. The van der Waals surface area contributed by atoms with Crippen molar-refractivity contribution in [3.8, 4) is 0 Å². The number of aromatic nitrogens is 1. The Morgan fingerprint density at radius 3 is 2.76 bits per heavy atom. The van der Waals surface area contributed by atoms with E-state index in [4.69, 9.17) is 0 Å². The van der Waals surface area contributed by atoms with Crippen LogP contribution in [0.4, 0.5) is 5.82 Å². The molecule has 1 aliphatic rings. The molecule has 0 bridgehead atoms. The lowest BCUT2D eigenvalue weighted by Crippen LogP contribution is -2.46. The lowest BCUT2D eigenvalue weighted by molar-refractivity contribution is 0.0447. The van der Waals surface area contributed by atoms with Gasteiger partial charge in [-0.1, -0.05) is 6.07 Å². The van der Waals surface area contributed by atoms with Gasteiger partial charge in [0.2, 0.25) is 0 Å². The first-order valence-corrected chi connectivity index (χ1v) is 6.09. The number of aliphatic hydroxyl groups excluding tert-OH is 1. The summed E-state index contributed by atoms with van der Waals surface area (Å²) in [6, 6.07) is 3.79. The van der Waals surface area contributed by atoms with Crippen molar-refractivity contribution in [3.05, 3.63) is 23.9 Å². The molecule has 1 unspecified atom stereocenters. The number of hydrogen-bond acceptors (Lipinski definition) is 4. The van der Waals surface area contributed by atoms with Gasteiger partial charge in [-0.3, -0.25) is 0 Å². The van der Waals surface area contributed by atoms with Crippen molar-refractivity contribution in [1.29, 1.82) is 0 Å². The number of piperidine rings is 1. The zero-order valence-electron chi connectivity index (χ0n) is 10.4. The highest BCUT2D eigenvalue weighted by molar-refractivity contribution is 5.40. The highest BCUT2D eigenvalue weighted by atomic mass is 16.3. The predicted octanol–water partition coefficient (Wildman–Crippen LogP) is 1.49. The molecule has 4 heteroatoms. The fraction of sp³-hybridized carbons (Fsp3) is 0.615. The molecule has 1 fully saturated rings. The maximum atomic E-state index is 10.0. The Hall–Kier alpha value is -1.13. The molecule has 2 heterocycles. The Morgan fingerprint density at radius 1 is 1.47 bits per heavy atom. The maximum Gasteiger partial charge on any atom is 0.128 e. The summed E-state index contributed by atoms with van der Waals surface area (Å²) in [7, 11) is 0. The Morgan fingerprint density at radius 2 is 2.24 bits per heavy atom. The average Bonchev–Trinajstić information content (AvgIpc) is 2.28. The number of rotatable bonds is 2. The zero-order valence-corrected chi connectivity index (χ0v) is 10.4. The first-order chi connectivity index (χ1) is 7.98. The van der Waals surface area contributed by atoms with Crippen molar-refractivity contribution in [1.82, 2.24) is 4.98 Å². The molecular weight excluding hydrogens is 216 g/mol. The summed E-state index contributed by atoms with van der Waals surface area (Å²) in [4.78, 5) is 6.44. The van der Waals surface area contributed by atoms with Crippen molar-refractivity contribution in [2.75, 3.05) is 18.0 Å². The molecule has 2 rings (SSSR count). The van der Waals surface area contributed by atoms with Crippen molar-refractivity contribution >= 4 is 5.82 Å². The van der Waals surface area contributed by atoms with Gasteiger partial charge in [-0.2, -0.15) is 0 Å². The van der Waals surface area contributed by atoms with Crippen LogP contribution < -0.4 is 4.90 Å². The van der Waals surface area contributed by atoms with Crippen LogP contribution in [0.3, 0.4) is 0 Å². The summed E-state index contributed by atoms with van der Waals surface area (Å²) in [6.45, 7) is 5.14. The summed E-state index contributed by atoms with van der Waals surface area (Å²) >= 11 is 0. The molecule has 1 saturated heterocycles. The molecule has 1 aromatic heterocycles. The molecular formula is C13H20N2O2. The molecule has 1 aromatic rings. The van der Waals surface area contributed by atoms with Gasteiger partial charge >= 0.3 is 0 Å². The third-order valence-electron chi connectivity index (χ3n) is 3.25. The second-order valence-corrected chi connectivity index (χ2v) is 5.15. The fourth-order valence-corrected chi connectivity index (χ4v) is 2.25. The average molecular weight is 236 g/mol. The van der Waals surface area contributed by atoms with Gasteiger partial charge < -0.3 is 15.1 Å². The molecule has 0 amide bonds. The monoisotopic (exact) mass is 236 g/mol. The van der Waals surface area contributed by atoms with Gasteiger partial charge in [0.25, 0.3) is 0 Å². The third kappa shape index (κ3) is 2.96. The molecule has 2 N–H and O–H groups in total. The maximum absolute atomic E-state index is 10.0. The summed E-state index contributed by atoms with van der Waals surface area (Å²) in [6.07, 6.45) is 3.03. The van der Waals surface area contributed by atoms with Gasteiger partial charge in [0.15, 0.2) is 0 Å². The Kier molecular flexibility index (Phi) is 3.35. The van der Waals surface area contributed by atoms with Gasteiger partial charge in [-0.15, -0.1) is 0 Å². The van der Waals surface area contributed by atoms with E-state index in [1.54, 1.807) is 13.1 Å². The molecule has 17 heavy (non-hydrogen) atoms. The molecule has 4 nitrogen and oxygen atoms in total. The van der Waals surface area contributed by atoms with E-state index in [0.29, 0.717) is 6.54 Å². The lowest BCUT2D eigenvalue weighted by atomic mass is 9.95. The van der Waals surface area contributed by atoms with E-state index in [2.05, 4.69) is 9.88 Å². The predicted molar refractivity (Wildman–Crippen MR) is 66.9 cm³/mol. The normalized spacial score (nSPS) is 26.9. The molecule has 94 valence electrons. The van der Waals surface area contributed by atoms with Crippen LogP contribution in [0.15, 0.2) is 18.3 Å². The molecule has 0 aromatic carbocycles. The molecule has 0 aliphatic carbocycles. The van der Waals surface area contributed by atoms with E-state index >= 15 is 0 Å². The van der Waals surface area contributed by atoms with E-state index in [9.17, 15) is 10.2 Å². The van der Waals surface area contributed by atoms with Crippen molar-refractivity contribution in [3.63, 3.8) is 0 Å². The van der Waals surface area contributed by atoms with E-state index in [0.717, 1.165) is 30.8 Å². The minimum atomic E-state index is -0.622. The van der Waals surface area contributed by atoms with Crippen LogP contribution in [0.1, 0.15) is 38.4 Å². The molecule has 0 saturated carbocycles. The second-order valence-electron chi connectivity index (χ2n) is 5.15. The van der Waals surface area contributed by atoms with Gasteiger partial charge in [-0.25, -0.2) is 4.98 Å². The number of hydrogen-bond donors (Lipinski definition) is 2. The van der Waals surface area contributed by atoms with E-state index in [-0.39, 0.29) is 0 Å². The highest BCUT2D eigenvalue weighted by Crippen LogP contribution is 2.24. The van der Waals surface area contributed by atoms with E-state index < -0.39 is 11.7 Å². The molecule has 1 aliphatic heterocycles. The molecule has 2 atom stereocenters. The quantitative estimate of drug-likeness (QED) is 0.816. The highest BCUT2D eigenvalue weighted by Gasteiger charge is 2.28. The van der Waals surface area contributed by atoms with Crippen LogP contribution in [0, 0.1) is 0 Å². The minimum absolute atomic E-state index is 0.485. The first-order valence-electron chi connectivity index (χ1n) is 6.09. The van der Waals surface area contributed by atoms with Crippen LogP contribution in [0.25, 0.3) is 0 Å². The Labute approximate surface area is 102 Å². The smallest absolute Gasteiger partial charge is 0.128 e. The van der Waals surface area contributed by atoms with E-state index in [1.807, 2.05) is 19.1 Å². The van der Waals surface area contributed by atoms with Crippen LogP contribution in [0.2, 0.25) is 0 Å². The third-order valence-corrected chi connectivity index (χ3v) is 3.25. The number of β-amino-alcohol motifs (C(OH)–C–C–N with tert-alkyl or cyclic N) is 1. The van der Waals surface area contributed by atoms with Crippen LogP contribution in [-0.2, 0) is 0 Å². The lowest BCUT2D eigenvalue weighted by Gasteiger charge is -2.37. The number of anilines is 1. The van der Waals surface area contributed by atoms with Gasteiger partial charge in [-0.05, 0) is 38.3 Å². The van der Waals surface area contributed by atoms with Gasteiger partial charge in [0.05, 0.1) is 11.7 Å². The number of aliphatic hydroxyl groups is 2. The number of nitrogens with zero attached hydrogens (tertiary/aromatic N) is 2. The van der Waals surface area contributed by atoms with Gasteiger partial charge in [0, 0.05) is 19.3 Å². The largest absolute Gasteiger partial charge is 0.389 e. The standard InChI is InChI=1S/C13H20N2O2/c1-10(16)11-4-5-12(14-8-11)15-7-3-6-13(2,17)9-15/h4-5,8,10,16-17H,3,6-7,9H2,1-2H3/t10-,13?/m0/s1. The minimum Gasteiger partial charge on any atom is -0.389 e. The molecule has 0 radical (unpaired) electrons. The Bertz CT molecular complexity index is 374. The number of pyridine rings is 1. The van der Waals surface area contributed by atoms with Crippen molar-refractivity contribution < 1.29 is 10.2 Å². The van der Waals surface area contributed by atoms with Crippen molar-refractivity contribution in [2.24, 2.45) is 0 Å². The second kappa shape index (κ2) is 4.63. The van der Waals surface area contributed by atoms with Gasteiger partial charge in [0.1, 0.15) is 5.82 Å². The summed E-state index contributed by atoms with van der Waals surface area (Å²) in [5.74, 6) is 0.870. The topological polar surface area (TPSA) is 56.6 Å². The summed E-state index contributed by atoms with van der Waals surface area (Å²) in [5.41, 5.74) is 0.195. The zero-order chi connectivity index (χ0) is 12.5. The SMILES string of the molecule is C[C@H](O)c1ccc(N2CCCC(C)(O)C2)nc1. The van der Waals surface area contributed by atoms with Crippen LogP contribution >= 0.6 is 0 Å². The van der Waals surface area contributed by atoms with Crippen LogP contribution in [0.5, 0.6) is 0 Å². The summed E-state index contributed by atoms with van der Waals surface area (Å²) < 4.78 is 0. The van der Waals surface area contributed by atoms with E-state index in [1.165, 1.54) is 0 Å². The van der Waals surface area contributed by atoms with Crippen LogP contribution in [-0.4, -0.2) is 33.9 Å².